The Balaban J connectivity index is 3.26. The third kappa shape index (κ3) is 2.08. The number of nitrogens with zero attached hydrogens (tertiary/aromatic N) is 3. The van der Waals surface area contributed by atoms with Crippen molar-refractivity contribution in [3.8, 4) is 6.07 Å². The lowest BCUT2D eigenvalue weighted by Crippen LogP contribution is -2.31. The first kappa shape index (κ1) is 12.7. The number of aromatic nitrogens is 2. The van der Waals surface area contributed by atoms with Crippen LogP contribution in [0.4, 0.5) is 0 Å². The summed E-state index contributed by atoms with van der Waals surface area (Å²) in [5, 5.41) is 15.1. The number of H-pyrrole nitrogens is 1. The van der Waals surface area contributed by atoms with Gasteiger partial charge in [0.2, 0.25) is 10.0 Å². The second kappa shape index (κ2) is 4.63. The van der Waals surface area contributed by atoms with Crippen molar-refractivity contribution >= 4 is 10.0 Å². The highest BCUT2D eigenvalue weighted by Crippen LogP contribution is 2.20. The van der Waals surface area contributed by atoms with Crippen molar-refractivity contribution in [2.75, 3.05) is 13.1 Å². The summed E-state index contributed by atoms with van der Waals surface area (Å²) < 4.78 is 25.5. The summed E-state index contributed by atoms with van der Waals surface area (Å²) in [7, 11) is -3.61. The molecule has 1 heterocycles. The Morgan fingerprint density at radius 2 is 2.12 bits per heavy atom. The molecule has 0 aliphatic rings. The fourth-order valence-corrected chi connectivity index (χ4v) is 3.17. The lowest BCUT2D eigenvalue weighted by molar-refractivity contribution is 0.462. The van der Waals surface area contributed by atoms with E-state index in [9.17, 15) is 8.42 Å². The third-order valence-electron chi connectivity index (χ3n) is 2.26. The quantitative estimate of drug-likeness (QED) is 0.781. The lowest BCUT2D eigenvalue weighted by atomic mass is 10.4. The Labute approximate surface area is 94.9 Å². The van der Waals surface area contributed by atoms with E-state index in [-0.39, 0.29) is 18.0 Å². The molecule has 0 fully saturated rings. The molecule has 0 spiro atoms. The zero-order chi connectivity index (χ0) is 12.3. The molecule has 0 radical (unpaired) electrons. The van der Waals surface area contributed by atoms with E-state index in [1.807, 2.05) is 6.07 Å². The maximum atomic E-state index is 12.2. The number of hydrogen-bond acceptors (Lipinski definition) is 4. The fraction of sp³-hybridized carbons (Fsp3) is 0.556. The summed E-state index contributed by atoms with van der Waals surface area (Å²) in [6.45, 7) is 5.08. The Morgan fingerprint density at radius 3 is 2.50 bits per heavy atom. The summed E-state index contributed by atoms with van der Waals surface area (Å²) in [4.78, 5) is 0.171. The second-order valence-electron chi connectivity index (χ2n) is 3.35. The zero-order valence-electron chi connectivity index (χ0n) is 9.48. The van der Waals surface area contributed by atoms with Gasteiger partial charge < -0.3 is 0 Å². The Bertz CT molecular complexity index is 493. The molecule has 6 nitrogen and oxygen atoms in total. The summed E-state index contributed by atoms with van der Waals surface area (Å²) in [5.74, 6) is 0. The standard InChI is InChI=1S/C9H14N4O2S/c1-4-13(6-5-10)16(14,15)9-7(2)11-12-8(9)3/h4,6H2,1-3H3,(H,11,12). The average molecular weight is 242 g/mol. The van der Waals surface area contributed by atoms with Gasteiger partial charge in [-0.2, -0.15) is 14.7 Å². The Kier molecular flexibility index (Phi) is 3.67. The van der Waals surface area contributed by atoms with Gasteiger partial charge in [-0.05, 0) is 13.8 Å². The van der Waals surface area contributed by atoms with Gasteiger partial charge in [0.15, 0.2) is 0 Å². The topological polar surface area (TPSA) is 89.8 Å². The number of hydrogen-bond donors (Lipinski definition) is 1. The number of aryl methyl sites for hydroxylation is 2. The number of aromatic amines is 1. The maximum absolute atomic E-state index is 12.2. The molecule has 0 aliphatic heterocycles. The van der Waals surface area contributed by atoms with Crippen molar-refractivity contribution in [2.45, 2.75) is 25.7 Å². The van der Waals surface area contributed by atoms with Crippen molar-refractivity contribution in [3.63, 3.8) is 0 Å². The molecule has 1 aromatic heterocycles. The first-order chi connectivity index (χ1) is 7.45. The zero-order valence-corrected chi connectivity index (χ0v) is 10.3. The van der Waals surface area contributed by atoms with Crippen molar-refractivity contribution < 1.29 is 8.42 Å². The third-order valence-corrected chi connectivity index (χ3v) is 4.44. The van der Waals surface area contributed by atoms with Gasteiger partial charge in [0, 0.05) is 6.54 Å². The highest BCUT2D eigenvalue weighted by atomic mass is 32.2. The molecule has 88 valence electrons. The van der Waals surface area contributed by atoms with Gasteiger partial charge in [0.1, 0.15) is 11.4 Å². The summed E-state index contributed by atoms with van der Waals surface area (Å²) in [6.07, 6.45) is 0. The van der Waals surface area contributed by atoms with Crippen LogP contribution < -0.4 is 0 Å². The van der Waals surface area contributed by atoms with Gasteiger partial charge in [0.25, 0.3) is 0 Å². The summed E-state index contributed by atoms with van der Waals surface area (Å²) in [5.41, 5.74) is 0.919. The van der Waals surface area contributed by atoms with Gasteiger partial charge in [-0.25, -0.2) is 8.42 Å². The van der Waals surface area contributed by atoms with E-state index in [0.29, 0.717) is 11.4 Å². The molecule has 0 saturated carbocycles. The predicted molar refractivity (Wildman–Crippen MR) is 58.1 cm³/mol. The molecule has 0 atom stereocenters. The molecule has 0 aliphatic carbocycles. The molecule has 7 heteroatoms. The molecule has 1 aromatic rings. The lowest BCUT2D eigenvalue weighted by Gasteiger charge is -2.16. The van der Waals surface area contributed by atoms with Crippen LogP contribution in [0.1, 0.15) is 18.3 Å². The van der Waals surface area contributed by atoms with Crippen LogP contribution in [0.15, 0.2) is 4.90 Å². The van der Waals surface area contributed by atoms with E-state index in [4.69, 9.17) is 5.26 Å². The normalized spacial score (nSPS) is 11.7. The molecule has 0 bridgehead atoms. The van der Waals surface area contributed by atoms with Gasteiger partial charge in [-0.3, -0.25) is 5.10 Å². The van der Waals surface area contributed by atoms with Gasteiger partial charge in [-0.15, -0.1) is 0 Å². The Morgan fingerprint density at radius 1 is 1.50 bits per heavy atom. The van der Waals surface area contributed by atoms with E-state index < -0.39 is 10.0 Å². The van der Waals surface area contributed by atoms with Crippen molar-refractivity contribution in [2.24, 2.45) is 0 Å². The second-order valence-corrected chi connectivity index (χ2v) is 5.23. The summed E-state index contributed by atoms with van der Waals surface area (Å²) in [6, 6.07) is 1.84. The smallest absolute Gasteiger partial charge is 0.247 e. The first-order valence-electron chi connectivity index (χ1n) is 4.83. The molecular formula is C9H14N4O2S. The number of sulfonamides is 1. The van der Waals surface area contributed by atoms with Crippen molar-refractivity contribution in [3.05, 3.63) is 11.4 Å². The van der Waals surface area contributed by atoms with Crippen LogP contribution in [0.3, 0.4) is 0 Å². The van der Waals surface area contributed by atoms with Gasteiger partial charge in [-0.1, -0.05) is 6.92 Å². The molecule has 0 aromatic carbocycles. The van der Waals surface area contributed by atoms with Crippen molar-refractivity contribution in [1.82, 2.24) is 14.5 Å². The molecule has 0 saturated heterocycles. The largest absolute Gasteiger partial charge is 0.281 e. The minimum Gasteiger partial charge on any atom is -0.281 e. The van der Waals surface area contributed by atoms with E-state index in [0.717, 1.165) is 4.31 Å². The van der Waals surface area contributed by atoms with Crippen LogP contribution in [0.25, 0.3) is 0 Å². The first-order valence-corrected chi connectivity index (χ1v) is 6.27. The monoisotopic (exact) mass is 242 g/mol. The van der Waals surface area contributed by atoms with Crippen LogP contribution in [0, 0.1) is 25.2 Å². The maximum Gasteiger partial charge on any atom is 0.247 e. The Hall–Kier alpha value is -1.39. The predicted octanol–water partition coefficient (Wildman–Crippen LogP) is 0.561. The fourth-order valence-electron chi connectivity index (χ4n) is 1.50. The number of nitrogens with one attached hydrogen (secondary N) is 1. The molecule has 0 amide bonds. The van der Waals surface area contributed by atoms with E-state index in [1.54, 1.807) is 20.8 Å². The molecule has 0 unspecified atom stereocenters. The van der Waals surface area contributed by atoms with Gasteiger partial charge >= 0.3 is 0 Å². The summed E-state index contributed by atoms with van der Waals surface area (Å²) >= 11 is 0. The molecule has 16 heavy (non-hydrogen) atoms. The van der Waals surface area contributed by atoms with Crippen LogP contribution in [0.5, 0.6) is 0 Å². The van der Waals surface area contributed by atoms with Crippen LogP contribution in [-0.4, -0.2) is 36.0 Å². The highest BCUT2D eigenvalue weighted by molar-refractivity contribution is 7.89. The van der Waals surface area contributed by atoms with E-state index in [1.165, 1.54) is 0 Å². The number of nitriles is 1. The SMILES string of the molecule is CCN(CC#N)S(=O)(=O)c1c(C)n[nH]c1C. The van der Waals surface area contributed by atoms with Gasteiger partial charge in [0.05, 0.1) is 17.5 Å². The van der Waals surface area contributed by atoms with Crippen LogP contribution in [-0.2, 0) is 10.0 Å². The van der Waals surface area contributed by atoms with Crippen molar-refractivity contribution in [1.29, 1.82) is 5.26 Å². The highest BCUT2D eigenvalue weighted by Gasteiger charge is 2.28. The van der Waals surface area contributed by atoms with Crippen LogP contribution in [0.2, 0.25) is 0 Å². The number of rotatable bonds is 4. The minimum atomic E-state index is -3.61. The molecule has 1 rings (SSSR count). The molecular weight excluding hydrogens is 228 g/mol. The van der Waals surface area contributed by atoms with E-state index >= 15 is 0 Å². The average Bonchev–Trinajstić information content (AvgIpc) is 2.55. The van der Waals surface area contributed by atoms with Crippen LogP contribution >= 0.6 is 0 Å². The van der Waals surface area contributed by atoms with E-state index in [2.05, 4.69) is 10.2 Å². The molecule has 1 N–H and O–H groups in total. The minimum absolute atomic E-state index is 0.150.